The van der Waals surface area contributed by atoms with Crippen LogP contribution in [-0.4, -0.2) is 65.2 Å². The van der Waals surface area contributed by atoms with Crippen LogP contribution in [0.15, 0.2) is 42.5 Å². The van der Waals surface area contributed by atoms with Gasteiger partial charge in [-0.25, -0.2) is 9.18 Å². The monoisotopic (exact) mass is 466 g/mol. The fraction of sp³-hybridized carbons (Fsp3) is 0.360. The molecule has 2 aliphatic heterocycles. The van der Waals surface area contributed by atoms with Crippen LogP contribution in [0.5, 0.6) is 5.75 Å². The van der Waals surface area contributed by atoms with E-state index in [-0.39, 0.29) is 24.7 Å². The van der Waals surface area contributed by atoms with Crippen molar-refractivity contribution in [2.75, 3.05) is 38.7 Å². The Bertz CT molecular complexity index is 1270. The van der Waals surface area contributed by atoms with E-state index in [0.29, 0.717) is 25.3 Å². The van der Waals surface area contributed by atoms with E-state index in [2.05, 4.69) is 10.3 Å². The first-order valence-corrected chi connectivity index (χ1v) is 11.3. The molecule has 178 valence electrons. The van der Waals surface area contributed by atoms with Crippen molar-refractivity contribution in [3.05, 3.63) is 59.5 Å². The van der Waals surface area contributed by atoms with E-state index in [1.807, 2.05) is 25.1 Å². The molecule has 0 aliphatic carbocycles. The summed E-state index contributed by atoms with van der Waals surface area (Å²) < 4.78 is 19.6. The molecule has 1 saturated heterocycles. The number of nitrogens with one attached hydrogen (secondary N) is 2. The van der Waals surface area contributed by atoms with Crippen molar-refractivity contribution in [2.45, 2.75) is 24.8 Å². The van der Waals surface area contributed by atoms with Gasteiger partial charge >= 0.3 is 6.03 Å². The molecule has 1 atom stereocenters. The molecule has 3 N–H and O–H groups in total. The number of para-hydroxylation sites is 1. The van der Waals surface area contributed by atoms with Crippen LogP contribution in [0.2, 0.25) is 0 Å². The molecule has 34 heavy (non-hydrogen) atoms. The topological polar surface area (TPSA) is 97.9 Å². The highest BCUT2D eigenvalue weighted by molar-refractivity contribution is 5.93. The third-order valence-corrected chi connectivity index (χ3v) is 6.94. The summed E-state index contributed by atoms with van der Waals surface area (Å²) in [4.78, 5) is 32.4. The average molecular weight is 467 g/mol. The zero-order valence-electron chi connectivity index (χ0n) is 19.1. The summed E-state index contributed by atoms with van der Waals surface area (Å²) in [5.41, 5.74) is 2.15. The highest BCUT2D eigenvalue weighted by Gasteiger charge is 2.54. The normalized spacial score (nSPS) is 18.5. The van der Waals surface area contributed by atoms with Gasteiger partial charge in [0.05, 0.1) is 30.9 Å². The standard InChI is InChI=1S/C25H27FN4O4/c1-3-21(32)29-12-25(13-29)14-30(24(33)28-18-7-5-4-6-17(18)26)20(11-31)23-22(25)16-9-8-15(34-2)10-19(16)27-23/h4-10,20,27,31H,3,11-14H2,1-2H3,(H,28,33)/t20-/m1/s1. The van der Waals surface area contributed by atoms with Crippen LogP contribution in [0.4, 0.5) is 14.9 Å². The Labute approximate surface area is 196 Å². The zero-order chi connectivity index (χ0) is 24.0. The second kappa shape index (κ2) is 8.32. The van der Waals surface area contributed by atoms with Crippen LogP contribution in [0.25, 0.3) is 10.9 Å². The number of ether oxygens (including phenoxy) is 1. The molecule has 0 radical (unpaired) electrons. The number of aliphatic hydroxyl groups excluding tert-OH is 1. The number of amides is 3. The second-order valence-corrected chi connectivity index (χ2v) is 8.95. The lowest BCUT2D eigenvalue weighted by Crippen LogP contribution is -2.68. The number of H-pyrrole nitrogens is 1. The Hall–Kier alpha value is -3.59. The van der Waals surface area contributed by atoms with Gasteiger partial charge in [0.1, 0.15) is 11.6 Å². The van der Waals surface area contributed by atoms with Crippen molar-refractivity contribution in [2.24, 2.45) is 0 Å². The predicted octanol–water partition coefficient (Wildman–Crippen LogP) is 3.39. The molecule has 8 nitrogen and oxygen atoms in total. The number of rotatable bonds is 4. The summed E-state index contributed by atoms with van der Waals surface area (Å²) in [5, 5.41) is 14.0. The van der Waals surface area contributed by atoms with Gasteiger partial charge in [-0.3, -0.25) is 4.79 Å². The van der Waals surface area contributed by atoms with Gasteiger partial charge in [-0.2, -0.15) is 0 Å². The number of aromatic nitrogens is 1. The van der Waals surface area contributed by atoms with Crippen molar-refractivity contribution in [1.29, 1.82) is 0 Å². The van der Waals surface area contributed by atoms with Crippen molar-refractivity contribution in [1.82, 2.24) is 14.8 Å². The fourth-order valence-corrected chi connectivity index (χ4v) is 5.31. The van der Waals surface area contributed by atoms with Crippen molar-refractivity contribution in [3.8, 4) is 5.75 Å². The third-order valence-electron chi connectivity index (χ3n) is 6.94. The Kier molecular flexibility index (Phi) is 5.44. The molecule has 3 aromatic rings. The zero-order valence-corrected chi connectivity index (χ0v) is 19.1. The number of methoxy groups -OCH3 is 1. The maximum absolute atomic E-state index is 14.2. The number of carbonyl (C=O) groups is 2. The van der Waals surface area contributed by atoms with Crippen LogP contribution in [-0.2, 0) is 10.2 Å². The van der Waals surface area contributed by atoms with Gasteiger partial charge in [0.15, 0.2) is 0 Å². The number of aromatic amines is 1. The number of aliphatic hydroxyl groups is 1. The van der Waals surface area contributed by atoms with E-state index in [1.165, 1.54) is 17.0 Å². The number of likely N-dealkylation sites (tertiary alicyclic amines) is 1. The summed E-state index contributed by atoms with van der Waals surface area (Å²) >= 11 is 0. The molecule has 1 aromatic heterocycles. The Morgan fingerprint density at radius 1 is 1.24 bits per heavy atom. The van der Waals surface area contributed by atoms with E-state index in [0.717, 1.165) is 22.2 Å². The molecule has 0 bridgehead atoms. The van der Waals surface area contributed by atoms with Crippen LogP contribution >= 0.6 is 0 Å². The van der Waals surface area contributed by atoms with Gasteiger partial charge in [0.25, 0.3) is 0 Å². The summed E-state index contributed by atoms with van der Waals surface area (Å²) in [7, 11) is 1.59. The smallest absolute Gasteiger partial charge is 0.322 e. The molecule has 1 fully saturated rings. The molecule has 3 heterocycles. The first-order chi connectivity index (χ1) is 16.4. The molecule has 2 aliphatic rings. The number of nitrogens with zero attached hydrogens (tertiary/aromatic N) is 2. The first-order valence-electron chi connectivity index (χ1n) is 11.3. The molecule has 0 unspecified atom stereocenters. The number of fused-ring (bicyclic) bond motifs is 4. The summed E-state index contributed by atoms with van der Waals surface area (Å²) in [5.74, 6) is 0.205. The molecule has 9 heteroatoms. The second-order valence-electron chi connectivity index (χ2n) is 8.95. The number of hydrogen-bond acceptors (Lipinski definition) is 4. The van der Waals surface area contributed by atoms with Crippen molar-refractivity contribution in [3.63, 3.8) is 0 Å². The highest BCUT2D eigenvalue weighted by atomic mass is 19.1. The maximum Gasteiger partial charge on any atom is 0.322 e. The van der Waals surface area contributed by atoms with E-state index in [4.69, 9.17) is 4.74 Å². The Balaban J connectivity index is 1.58. The van der Waals surface area contributed by atoms with Gasteiger partial charge in [0, 0.05) is 48.7 Å². The molecule has 2 aromatic carbocycles. The minimum absolute atomic E-state index is 0.0559. The molecule has 5 rings (SSSR count). The lowest BCUT2D eigenvalue weighted by atomic mass is 9.68. The van der Waals surface area contributed by atoms with Crippen LogP contribution in [0.1, 0.15) is 30.6 Å². The minimum Gasteiger partial charge on any atom is -0.497 e. The van der Waals surface area contributed by atoms with Gasteiger partial charge in [-0.1, -0.05) is 19.1 Å². The highest BCUT2D eigenvalue weighted by Crippen LogP contribution is 2.48. The Morgan fingerprint density at radius 3 is 2.68 bits per heavy atom. The number of halogens is 1. The van der Waals surface area contributed by atoms with Crippen LogP contribution in [0.3, 0.4) is 0 Å². The molecule has 0 saturated carbocycles. The SMILES string of the molecule is CCC(=O)N1CC2(C1)CN(C(=O)Nc1ccccc1F)[C@H](CO)c1[nH]c3cc(OC)ccc3c12. The molecule has 3 amide bonds. The lowest BCUT2D eigenvalue weighted by Gasteiger charge is -2.56. The summed E-state index contributed by atoms with van der Waals surface area (Å²) in [6.07, 6.45) is 0.408. The first kappa shape index (κ1) is 22.2. The number of anilines is 1. The van der Waals surface area contributed by atoms with E-state index < -0.39 is 23.3 Å². The van der Waals surface area contributed by atoms with Gasteiger partial charge < -0.3 is 29.9 Å². The predicted molar refractivity (Wildman–Crippen MR) is 125 cm³/mol. The maximum atomic E-state index is 14.2. The minimum atomic E-state index is -0.651. The summed E-state index contributed by atoms with van der Waals surface area (Å²) in [6.45, 7) is 2.74. The van der Waals surface area contributed by atoms with E-state index >= 15 is 0 Å². The number of hydrogen-bond donors (Lipinski definition) is 3. The molecular weight excluding hydrogens is 439 g/mol. The molecular formula is C25H27FN4O4. The van der Waals surface area contributed by atoms with Crippen molar-refractivity contribution >= 4 is 28.5 Å². The van der Waals surface area contributed by atoms with Gasteiger partial charge in [0.2, 0.25) is 5.91 Å². The van der Waals surface area contributed by atoms with E-state index in [9.17, 15) is 19.1 Å². The molecule has 1 spiro atoms. The Morgan fingerprint density at radius 2 is 2.00 bits per heavy atom. The number of urea groups is 1. The number of carbonyl (C=O) groups excluding carboxylic acids is 2. The van der Waals surface area contributed by atoms with Crippen LogP contribution in [0, 0.1) is 5.82 Å². The van der Waals surface area contributed by atoms with Crippen molar-refractivity contribution < 1.29 is 23.8 Å². The fourth-order valence-electron chi connectivity index (χ4n) is 5.31. The summed E-state index contributed by atoms with van der Waals surface area (Å²) in [6, 6.07) is 10.5. The van der Waals surface area contributed by atoms with Gasteiger partial charge in [-0.05, 0) is 29.8 Å². The third kappa shape index (κ3) is 3.38. The lowest BCUT2D eigenvalue weighted by molar-refractivity contribution is -0.139. The van der Waals surface area contributed by atoms with Crippen LogP contribution < -0.4 is 10.1 Å². The van der Waals surface area contributed by atoms with Gasteiger partial charge in [-0.15, -0.1) is 0 Å². The number of benzene rings is 2. The largest absolute Gasteiger partial charge is 0.497 e. The van der Waals surface area contributed by atoms with E-state index in [1.54, 1.807) is 24.1 Å². The average Bonchev–Trinajstić information content (AvgIpc) is 3.21. The quantitative estimate of drug-likeness (QED) is 0.549.